The summed E-state index contributed by atoms with van der Waals surface area (Å²) in [4.78, 5) is 2.44. The van der Waals surface area contributed by atoms with Gasteiger partial charge in [-0.3, -0.25) is 4.90 Å². The minimum absolute atomic E-state index is 0.0815. The number of aliphatic hydroxyl groups is 1. The summed E-state index contributed by atoms with van der Waals surface area (Å²) in [5.41, 5.74) is 3.72. The second kappa shape index (κ2) is 4.24. The van der Waals surface area contributed by atoms with E-state index in [0.29, 0.717) is 11.8 Å². The molecular weight excluding hydrogens is 254 g/mol. The van der Waals surface area contributed by atoms with Crippen molar-refractivity contribution in [1.82, 2.24) is 4.90 Å². The molecule has 3 unspecified atom stereocenters. The zero-order valence-corrected chi connectivity index (χ0v) is 11.5. The molecule has 2 N–H and O–H groups in total. The van der Waals surface area contributed by atoms with Crippen molar-refractivity contribution in [2.75, 3.05) is 13.7 Å². The van der Waals surface area contributed by atoms with E-state index >= 15 is 0 Å². The van der Waals surface area contributed by atoms with Gasteiger partial charge in [-0.1, -0.05) is 11.6 Å². The molecule has 1 aliphatic carbocycles. The van der Waals surface area contributed by atoms with Crippen LogP contribution in [0.2, 0.25) is 0 Å². The van der Waals surface area contributed by atoms with Crippen LogP contribution in [0, 0.1) is 0 Å². The van der Waals surface area contributed by atoms with Crippen LogP contribution in [0.5, 0.6) is 11.5 Å². The van der Waals surface area contributed by atoms with Crippen LogP contribution in [0.4, 0.5) is 0 Å². The largest absolute Gasteiger partial charge is 0.504 e. The number of ether oxygens (including phenoxy) is 1. The lowest BCUT2D eigenvalue weighted by Gasteiger charge is -2.43. The van der Waals surface area contributed by atoms with E-state index in [0.717, 1.165) is 31.5 Å². The fourth-order valence-corrected chi connectivity index (χ4v) is 4.11. The fraction of sp³-hybridized carbons (Fsp3) is 0.500. The van der Waals surface area contributed by atoms with Crippen molar-refractivity contribution >= 4 is 0 Å². The molecule has 106 valence electrons. The Hall–Kier alpha value is -1.52. The third-order valence-electron chi connectivity index (χ3n) is 5.01. The number of benzene rings is 1. The number of hydrogen-bond donors (Lipinski definition) is 2. The monoisotopic (exact) mass is 273 g/mol. The quantitative estimate of drug-likeness (QED) is 0.766. The third-order valence-corrected chi connectivity index (χ3v) is 5.01. The lowest BCUT2D eigenvalue weighted by Crippen LogP contribution is -2.45. The Kier molecular flexibility index (Phi) is 2.59. The van der Waals surface area contributed by atoms with Crippen LogP contribution >= 0.6 is 0 Å². The van der Waals surface area contributed by atoms with E-state index in [-0.39, 0.29) is 17.8 Å². The number of aromatic hydroxyl groups is 1. The molecule has 1 aromatic rings. The van der Waals surface area contributed by atoms with Crippen molar-refractivity contribution in [2.24, 2.45) is 0 Å². The van der Waals surface area contributed by atoms with Gasteiger partial charge >= 0.3 is 0 Å². The van der Waals surface area contributed by atoms with Gasteiger partial charge in [0.15, 0.2) is 11.5 Å². The Labute approximate surface area is 118 Å². The average Bonchev–Trinajstić information content (AvgIpc) is 2.85. The van der Waals surface area contributed by atoms with E-state index in [4.69, 9.17) is 4.74 Å². The molecule has 2 aliphatic heterocycles. The molecule has 2 heterocycles. The van der Waals surface area contributed by atoms with Gasteiger partial charge in [0.1, 0.15) is 0 Å². The molecule has 0 spiro atoms. The summed E-state index contributed by atoms with van der Waals surface area (Å²) in [5, 5.41) is 20.5. The Morgan fingerprint density at radius 3 is 3.00 bits per heavy atom. The Bertz CT molecular complexity index is 596. The topological polar surface area (TPSA) is 52.9 Å². The standard InChI is InChI=1S/C16H19NO3/c1-20-14-6-10-8-17-5-4-9-2-3-12(18)15(16(9)17)11(10)7-13(14)19/h2,6-7,12,15-16,18-19H,3-5,8H2,1H3. The number of phenols is 1. The first-order valence-corrected chi connectivity index (χ1v) is 7.20. The highest BCUT2D eigenvalue weighted by Gasteiger charge is 2.45. The maximum atomic E-state index is 10.4. The second-order valence-corrected chi connectivity index (χ2v) is 6.00. The zero-order chi connectivity index (χ0) is 13.9. The first-order valence-electron chi connectivity index (χ1n) is 7.20. The third kappa shape index (κ3) is 1.55. The summed E-state index contributed by atoms with van der Waals surface area (Å²) < 4.78 is 5.21. The summed E-state index contributed by atoms with van der Waals surface area (Å²) in [5.74, 6) is 0.765. The second-order valence-electron chi connectivity index (χ2n) is 6.00. The fourth-order valence-electron chi connectivity index (χ4n) is 4.11. The minimum Gasteiger partial charge on any atom is -0.504 e. The number of hydrogen-bond acceptors (Lipinski definition) is 4. The van der Waals surface area contributed by atoms with Crippen molar-refractivity contribution in [1.29, 1.82) is 0 Å². The van der Waals surface area contributed by atoms with E-state index in [1.165, 1.54) is 11.1 Å². The van der Waals surface area contributed by atoms with E-state index < -0.39 is 0 Å². The molecule has 0 saturated carbocycles. The number of fused-ring (bicyclic) bond motifs is 2. The maximum Gasteiger partial charge on any atom is 0.160 e. The molecule has 3 aliphatic rings. The normalized spacial score (nSPS) is 31.5. The predicted octanol–water partition coefficient (Wildman–Crippen LogP) is 1.76. The number of aliphatic hydroxyl groups excluding tert-OH is 1. The van der Waals surface area contributed by atoms with Crippen LogP contribution in [0.25, 0.3) is 0 Å². The van der Waals surface area contributed by atoms with E-state index in [9.17, 15) is 10.2 Å². The molecule has 0 amide bonds. The number of methoxy groups -OCH3 is 1. The summed E-state index contributed by atoms with van der Waals surface area (Å²) in [6, 6.07) is 4.03. The van der Waals surface area contributed by atoms with Gasteiger partial charge in [0, 0.05) is 25.0 Å². The highest BCUT2D eigenvalue weighted by atomic mass is 16.5. The molecule has 3 atom stereocenters. The van der Waals surface area contributed by atoms with Crippen LogP contribution in [0.1, 0.15) is 29.9 Å². The van der Waals surface area contributed by atoms with Crippen molar-refractivity contribution in [3.63, 3.8) is 0 Å². The molecular formula is C16H19NO3. The first-order chi connectivity index (χ1) is 9.69. The van der Waals surface area contributed by atoms with Crippen molar-refractivity contribution in [2.45, 2.75) is 37.5 Å². The van der Waals surface area contributed by atoms with Crippen LogP contribution in [0.15, 0.2) is 23.8 Å². The maximum absolute atomic E-state index is 10.4. The Morgan fingerprint density at radius 1 is 1.35 bits per heavy atom. The van der Waals surface area contributed by atoms with Crippen molar-refractivity contribution in [3.05, 3.63) is 34.9 Å². The molecule has 4 heteroatoms. The van der Waals surface area contributed by atoms with Crippen LogP contribution < -0.4 is 4.74 Å². The smallest absolute Gasteiger partial charge is 0.160 e. The van der Waals surface area contributed by atoms with Gasteiger partial charge < -0.3 is 14.9 Å². The lowest BCUT2D eigenvalue weighted by atomic mass is 9.74. The highest BCUT2D eigenvalue weighted by molar-refractivity contribution is 5.51. The minimum atomic E-state index is -0.365. The van der Waals surface area contributed by atoms with Gasteiger partial charge in [-0.15, -0.1) is 0 Å². The van der Waals surface area contributed by atoms with Gasteiger partial charge in [-0.05, 0) is 36.1 Å². The van der Waals surface area contributed by atoms with Gasteiger partial charge in [-0.2, -0.15) is 0 Å². The zero-order valence-electron chi connectivity index (χ0n) is 11.5. The lowest BCUT2D eigenvalue weighted by molar-refractivity contribution is 0.0828. The number of phenolic OH excluding ortho intramolecular Hbond substituents is 1. The average molecular weight is 273 g/mol. The molecule has 0 radical (unpaired) electrons. The summed E-state index contributed by atoms with van der Waals surface area (Å²) in [7, 11) is 1.57. The Morgan fingerprint density at radius 2 is 2.20 bits per heavy atom. The van der Waals surface area contributed by atoms with Crippen LogP contribution in [-0.2, 0) is 6.54 Å². The molecule has 0 bridgehead atoms. The Balaban J connectivity index is 1.87. The molecule has 1 saturated heterocycles. The van der Waals surface area contributed by atoms with Gasteiger partial charge in [-0.25, -0.2) is 0 Å². The summed E-state index contributed by atoms with van der Waals surface area (Å²) >= 11 is 0. The molecule has 0 aromatic heterocycles. The molecule has 4 nitrogen and oxygen atoms in total. The van der Waals surface area contributed by atoms with Gasteiger partial charge in [0.2, 0.25) is 0 Å². The highest BCUT2D eigenvalue weighted by Crippen LogP contribution is 2.48. The molecule has 4 rings (SSSR count). The van der Waals surface area contributed by atoms with Gasteiger partial charge in [0.25, 0.3) is 0 Å². The summed E-state index contributed by atoms with van der Waals surface area (Å²) in [6.45, 7) is 1.93. The van der Waals surface area contributed by atoms with Crippen LogP contribution in [0.3, 0.4) is 0 Å². The summed E-state index contributed by atoms with van der Waals surface area (Å²) in [6.07, 6.45) is 3.66. The van der Waals surface area contributed by atoms with Crippen LogP contribution in [-0.4, -0.2) is 40.9 Å². The molecule has 1 fully saturated rings. The predicted molar refractivity (Wildman–Crippen MR) is 74.9 cm³/mol. The van der Waals surface area contributed by atoms with E-state index in [1.807, 2.05) is 6.07 Å². The SMILES string of the molecule is COc1cc2c(cc1O)C1C(O)CC=C3CCN(C2)C31. The number of rotatable bonds is 1. The van der Waals surface area contributed by atoms with Crippen molar-refractivity contribution < 1.29 is 14.9 Å². The first kappa shape index (κ1) is 12.2. The molecule has 20 heavy (non-hydrogen) atoms. The molecule has 1 aromatic carbocycles. The van der Waals surface area contributed by atoms with E-state index in [2.05, 4.69) is 11.0 Å². The van der Waals surface area contributed by atoms with Crippen molar-refractivity contribution in [3.8, 4) is 11.5 Å². The van der Waals surface area contributed by atoms with Gasteiger partial charge in [0.05, 0.1) is 13.2 Å². The van der Waals surface area contributed by atoms with E-state index in [1.54, 1.807) is 13.2 Å². The number of nitrogens with zero attached hydrogens (tertiary/aromatic N) is 1.